The SMILES string of the molecule is CC(=O)N(CC(=O)N(C)CCc1ccncc1)c1ccc(C)cc1C. The van der Waals surface area contributed by atoms with Crippen molar-refractivity contribution in [3.63, 3.8) is 0 Å². The van der Waals surface area contributed by atoms with Crippen molar-refractivity contribution in [2.24, 2.45) is 0 Å². The minimum atomic E-state index is -0.136. The molecule has 0 aliphatic carbocycles. The van der Waals surface area contributed by atoms with Crippen LogP contribution in [0.5, 0.6) is 0 Å². The Morgan fingerprint density at radius 3 is 2.36 bits per heavy atom. The van der Waals surface area contributed by atoms with Crippen molar-refractivity contribution in [1.29, 1.82) is 0 Å². The van der Waals surface area contributed by atoms with Gasteiger partial charge in [-0.3, -0.25) is 14.6 Å². The molecule has 25 heavy (non-hydrogen) atoms. The lowest BCUT2D eigenvalue weighted by Gasteiger charge is -2.26. The van der Waals surface area contributed by atoms with E-state index in [0.29, 0.717) is 6.54 Å². The maximum Gasteiger partial charge on any atom is 0.242 e. The molecule has 5 nitrogen and oxygen atoms in total. The molecule has 0 fully saturated rings. The number of carbonyl (C=O) groups is 2. The molecule has 0 atom stereocenters. The van der Waals surface area contributed by atoms with Gasteiger partial charge >= 0.3 is 0 Å². The number of hydrogen-bond acceptors (Lipinski definition) is 3. The van der Waals surface area contributed by atoms with Crippen LogP contribution >= 0.6 is 0 Å². The number of aryl methyl sites for hydroxylation is 2. The summed E-state index contributed by atoms with van der Waals surface area (Å²) in [6, 6.07) is 9.75. The lowest BCUT2D eigenvalue weighted by Crippen LogP contribution is -2.41. The molecular formula is C20H25N3O2. The molecule has 1 heterocycles. The van der Waals surface area contributed by atoms with Crippen LogP contribution in [0.15, 0.2) is 42.7 Å². The summed E-state index contributed by atoms with van der Waals surface area (Å²) >= 11 is 0. The van der Waals surface area contributed by atoms with E-state index in [2.05, 4.69) is 4.98 Å². The monoisotopic (exact) mass is 339 g/mol. The molecule has 0 N–H and O–H groups in total. The summed E-state index contributed by atoms with van der Waals surface area (Å²) in [5, 5.41) is 0. The van der Waals surface area contributed by atoms with Gasteiger partial charge in [-0.15, -0.1) is 0 Å². The maximum atomic E-state index is 12.6. The number of pyridine rings is 1. The summed E-state index contributed by atoms with van der Waals surface area (Å²) < 4.78 is 0. The minimum absolute atomic E-state index is 0.0477. The number of amides is 2. The Morgan fingerprint density at radius 1 is 1.08 bits per heavy atom. The Balaban J connectivity index is 2.03. The van der Waals surface area contributed by atoms with E-state index in [0.717, 1.165) is 28.8 Å². The normalized spacial score (nSPS) is 10.4. The second-order valence-corrected chi connectivity index (χ2v) is 6.32. The Kier molecular flexibility index (Phi) is 6.28. The van der Waals surface area contributed by atoms with Crippen molar-refractivity contribution < 1.29 is 9.59 Å². The molecule has 132 valence electrons. The largest absolute Gasteiger partial charge is 0.344 e. The lowest BCUT2D eigenvalue weighted by atomic mass is 10.1. The summed E-state index contributed by atoms with van der Waals surface area (Å²) in [4.78, 5) is 31.8. The highest BCUT2D eigenvalue weighted by Gasteiger charge is 2.19. The topological polar surface area (TPSA) is 53.5 Å². The van der Waals surface area contributed by atoms with Crippen molar-refractivity contribution in [2.75, 3.05) is 25.0 Å². The quantitative estimate of drug-likeness (QED) is 0.813. The molecule has 0 aliphatic heterocycles. The Hall–Kier alpha value is -2.69. The van der Waals surface area contributed by atoms with E-state index in [9.17, 15) is 9.59 Å². The number of anilines is 1. The van der Waals surface area contributed by atoms with Gasteiger partial charge in [0.2, 0.25) is 11.8 Å². The van der Waals surface area contributed by atoms with Crippen LogP contribution in [0.1, 0.15) is 23.6 Å². The first-order valence-corrected chi connectivity index (χ1v) is 8.36. The van der Waals surface area contributed by atoms with Gasteiger partial charge < -0.3 is 9.80 Å². The van der Waals surface area contributed by atoms with Crippen LogP contribution in [-0.2, 0) is 16.0 Å². The first kappa shape index (κ1) is 18.6. The molecule has 1 aromatic carbocycles. The van der Waals surface area contributed by atoms with Gasteiger partial charge in [0.15, 0.2) is 0 Å². The van der Waals surface area contributed by atoms with Gasteiger partial charge in [-0.2, -0.15) is 0 Å². The molecule has 5 heteroatoms. The van der Waals surface area contributed by atoms with E-state index in [4.69, 9.17) is 0 Å². The first-order chi connectivity index (χ1) is 11.9. The molecule has 2 rings (SSSR count). The van der Waals surface area contributed by atoms with Crippen LogP contribution in [0.3, 0.4) is 0 Å². The number of carbonyl (C=O) groups excluding carboxylic acids is 2. The van der Waals surface area contributed by atoms with Crippen LogP contribution in [0.25, 0.3) is 0 Å². The number of rotatable bonds is 6. The van der Waals surface area contributed by atoms with Crippen LogP contribution in [-0.4, -0.2) is 41.8 Å². The number of nitrogens with zero attached hydrogens (tertiary/aromatic N) is 3. The predicted octanol–water partition coefficient (Wildman–Crippen LogP) is 2.75. The van der Waals surface area contributed by atoms with E-state index in [-0.39, 0.29) is 18.4 Å². The van der Waals surface area contributed by atoms with Crippen molar-refractivity contribution in [1.82, 2.24) is 9.88 Å². The molecule has 0 unspecified atom stereocenters. The Bertz CT molecular complexity index is 744. The van der Waals surface area contributed by atoms with Gasteiger partial charge in [-0.05, 0) is 49.6 Å². The number of benzene rings is 1. The van der Waals surface area contributed by atoms with Crippen LogP contribution in [0, 0.1) is 13.8 Å². The zero-order valence-corrected chi connectivity index (χ0v) is 15.3. The predicted molar refractivity (Wildman–Crippen MR) is 99.5 cm³/mol. The number of hydrogen-bond donors (Lipinski definition) is 0. The highest BCUT2D eigenvalue weighted by atomic mass is 16.2. The number of aromatic nitrogens is 1. The molecule has 2 aromatic rings. The van der Waals surface area contributed by atoms with E-state index in [1.165, 1.54) is 6.92 Å². The summed E-state index contributed by atoms with van der Waals surface area (Å²) in [6.07, 6.45) is 4.25. The van der Waals surface area contributed by atoms with E-state index in [1.807, 2.05) is 44.2 Å². The zero-order chi connectivity index (χ0) is 18.4. The van der Waals surface area contributed by atoms with Gasteiger partial charge in [0.25, 0.3) is 0 Å². The second-order valence-electron chi connectivity index (χ2n) is 6.32. The van der Waals surface area contributed by atoms with Crippen LogP contribution in [0.2, 0.25) is 0 Å². The molecule has 2 amide bonds. The van der Waals surface area contributed by atoms with Gasteiger partial charge in [-0.1, -0.05) is 17.7 Å². The fourth-order valence-electron chi connectivity index (χ4n) is 2.70. The zero-order valence-electron chi connectivity index (χ0n) is 15.3. The van der Waals surface area contributed by atoms with Crippen LogP contribution < -0.4 is 4.90 Å². The molecule has 0 aliphatic rings. The van der Waals surface area contributed by atoms with Crippen molar-refractivity contribution in [2.45, 2.75) is 27.2 Å². The van der Waals surface area contributed by atoms with Crippen LogP contribution in [0.4, 0.5) is 5.69 Å². The molecule has 1 aromatic heterocycles. The standard InChI is InChI=1S/C20H25N3O2/c1-15-5-6-19(16(2)13-15)23(17(3)24)14-20(25)22(4)12-9-18-7-10-21-11-8-18/h5-8,10-11,13H,9,12,14H2,1-4H3. The molecule has 0 saturated heterocycles. The van der Waals surface area contributed by atoms with E-state index >= 15 is 0 Å². The molecule has 0 radical (unpaired) electrons. The summed E-state index contributed by atoms with van der Waals surface area (Å²) in [5.41, 5.74) is 4.04. The number of likely N-dealkylation sites (N-methyl/N-ethyl adjacent to an activating group) is 1. The molecular weight excluding hydrogens is 314 g/mol. The highest BCUT2D eigenvalue weighted by molar-refractivity contribution is 5.98. The Labute approximate surface area is 149 Å². The molecule has 0 saturated carbocycles. The third-order valence-corrected chi connectivity index (χ3v) is 4.23. The van der Waals surface area contributed by atoms with Crippen molar-refractivity contribution in [3.8, 4) is 0 Å². The average molecular weight is 339 g/mol. The van der Waals surface area contributed by atoms with Gasteiger partial charge in [0, 0.05) is 38.6 Å². The summed E-state index contributed by atoms with van der Waals surface area (Å²) in [5.74, 6) is -0.216. The smallest absolute Gasteiger partial charge is 0.242 e. The van der Waals surface area contributed by atoms with E-state index in [1.54, 1.807) is 29.2 Å². The summed E-state index contributed by atoms with van der Waals surface area (Å²) in [6.45, 7) is 6.10. The molecule has 0 spiro atoms. The third-order valence-electron chi connectivity index (χ3n) is 4.23. The first-order valence-electron chi connectivity index (χ1n) is 8.36. The third kappa shape index (κ3) is 5.14. The minimum Gasteiger partial charge on any atom is -0.344 e. The maximum absolute atomic E-state index is 12.6. The summed E-state index contributed by atoms with van der Waals surface area (Å²) in [7, 11) is 1.77. The fraction of sp³-hybridized carbons (Fsp3) is 0.350. The Morgan fingerprint density at radius 2 is 1.76 bits per heavy atom. The second kappa shape index (κ2) is 8.42. The molecule has 0 bridgehead atoms. The lowest BCUT2D eigenvalue weighted by molar-refractivity contribution is -0.130. The fourth-order valence-corrected chi connectivity index (χ4v) is 2.70. The van der Waals surface area contributed by atoms with Gasteiger partial charge in [0.05, 0.1) is 0 Å². The van der Waals surface area contributed by atoms with E-state index < -0.39 is 0 Å². The van der Waals surface area contributed by atoms with Crippen molar-refractivity contribution in [3.05, 3.63) is 59.4 Å². The average Bonchev–Trinajstić information content (AvgIpc) is 2.58. The van der Waals surface area contributed by atoms with Crippen molar-refractivity contribution >= 4 is 17.5 Å². The van der Waals surface area contributed by atoms with Gasteiger partial charge in [0.1, 0.15) is 6.54 Å². The van der Waals surface area contributed by atoms with Gasteiger partial charge in [-0.25, -0.2) is 0 Å². The highest BCUT2D eigenvalue weighted by Crippen LogP contribution is 2.21.